The molecule has 2 saturated heterocycles. The van der Waals surface area contributed by atoms with E-state index in [9.17, 15) is 19.2 Å². The maximum atomic E-state index is 14.1. The molecule has 2 aromatic rings. The number of nitrogens with zero attached hydrogens (tertiary/aromatic N) is 2. The summed E-state index contributed by atoms with van der Waals surface area (Å²) in [4.78, 5) is 58.7. The maximum absolute atomic E-state index is 14.1. The first-order valence-electron chi connectivity index (χ1n) is 13.2. The average molecular weight is 515 g/mol. The van der Waals surface area contributed by atoms with Crippen molar-refractivity contribution in [2.24, 2.45) is 35.0 Å². The van der Waals surface area contributed by atoms with Crippen LogP contribution in [0.1, 0.15) is 27.7 Å². The molecule has 2 unspecified atom stereocenters. The molecule has 0 radical (unpaired) electrons. The molecule has 3 aliphatic carbocycles. The van der Waals surface area contributed by atoms with Crippen LogP contribution in [0.5, 0.6) is 11.5 Å². The number of carbonyl (C=O) groups excluding carboxylic acids is 4. The predicted octanol–water partition coefficient (Wildman–Crippen LogP) is 3.99. The number of imide groups is 2. The fraction of sp³-hybridized carbons (Fsp3) is 0.400. The van der Waals surface area contributed by atoms with Crippen LogP contribution in [0.4, 0.5) is 11.4 Å². The lowest BCUT2D eigenvalue weighted by Gasteiger charge is -2.54. The van der Waals surface area contributed by atoms with E-state index in [4.69, 9.17) is 9.47 Å². The van der Waals surface area contributed by atoms with Gasteiger partial charge in [0.05, 0.1) is 48.3 Å². The summed E-state index contributed by atoms with van der Waals surface area (Å²) in [7, 11) is 0. The topological polar surface area (TPSA) is 93.2 Å². The van der Waals surface area contributed by atoms with Crippen molar-refractivity contribution in [2.75, 3.05) is 23.0 Å². The number of allylic oxidation sites excluding steroid dienone is 2. The van der Waals surface area contributed by atoms with Crippen LogP contribution in [0.25, 0.3) is 0 Å². The highest BCUT2D eigenvalue weighted by atomic mass is 16.5. The number of rotatable bonds is 6. The molecule has 5 aliphatic rings. The summed E-state index contributed by atoms with van der Waals surface area (Å²) in [6.45, 7) is 8.22. The quantitative estimate of drug-likeness (QED) is 0.428. The van der Waals surface area contributed by atoms with E-state index in [-0.39, 0.29) is 23.6 Å². The van der Waals surface area contributed by atoms with Crippen molar-refractivity contribution in [3.63, 3.8) is 0 Å². The van der Waals surface area contributed by atoms with Gasteiger partial charge in [-0.2, -0.15) is 0 Å². The van der Waals surface area contributed by atoms with Crippen LogP contribution in [-0.2, 0) is 19.2 Å². The molecule has 7 rings (SSSR count). The molecule has 2 aromatic carbocycles. The molecule has 38 heavy (non-hydrogen) atoms. The Bertz CT molecular complexity index is 1320. The van der Waals surface area contributed by atoms with E-state index < -0.39 is 35.0 Å². The molecule has 0 spiro atoms. The van der Waals surface area contributed by atoms with Crippen LogP contribution in [-0.4, -0.2) is 36.8 Å². The van der Waals surface area contributed by atoms with Gasteiger partial charge >= 0.3 is 0 Å². The van der Waals surface area contributed by atoms with Gasteiger partial charge in [0, 0.05) is 11.3 Å². The molecule has 196 valence electrons. The van der Waals surface area contributed by atoms with Crippen LogP contribution in [0, 0.1) is 35.0 Å². The Labute approximate surface area is 221 Å². The van der Waals surface area contributed by atoms with Gasteiger partial charge in [0.15, 0.2) is 0 Å². The van der Waals surface area contributed by atoms with E-state index in [2.05, 4.69) is 0 Å². The predicted molar refractivity (Wildman–Crippen MR) is 140 cm³/mol. The molecule has 4 amide bonds. The Hall–Kier alpha value is -3.94. The van der Waals surface area contributed by atoms with Gasteiger partial charge in [0.2, 0.25) is 23.6 Å². The number of hydrogen-bond acceptors (Lipinski definition) is 6. The van der Waals surface area contributed by atoms with Crippen molar-refractivity contribution in [1.29, 1.82) is 0 Å². The summed E-state index contributed by atoms with van der Waals surface area (Å²) in [6.07, 6.45) is 1.95. The van der Waals surface area contributed by atoms with Crippen LogP contribution in [0.3, 0.4) is 0 Å². The van der Waals surface area contributed by atoms with Gasteiger partial charge in [-0.1, -0.05) is 42.8 Å². The lowest BCUT2D eigenvalue weighted by Crippen LogP contribution is -2.58. The summed E-state index contributed by atoms with van der Waals surface area (Å²) in [5.41, 5.74) is 0.671. The van der Waals surface area contributed by atoms with E-state index in [0.29, 0.717) is 36.1 Å². The minimum absolute atomic E-state index is 0.348. The summed E-state index contributed by atoms with van der Waals surface area (Å²) >= 11 is 0. The minimum atomic E-state index is -0.992. The van der Waals surface area contributed by atoms with Gasteiger partial charge in [-0.25, -0.2) is 9.80 Å². The van der Waals surface area contributed by atoms with E-state index in [1.165, 1.54) is 9.80 Å². The Morgan fingerprint density at radius 2 is 1.13 bits per heavy atom. The summed E-state index contributed by atoms with van der Waals surface area (Å²) in [5, 5.41) is 0. The summed E-state index contributed by atoms with van der Waals surface area (Å²) in [5.74, 6) is -4.02. The van der Waals surface area contributed by atoms with Gasteiger partial charge in [-0.15, -0.1) is 0 Å². The van der Waals surface area contributed by atoms with Crippen LogP contribution < -0.4 is 19.3 Å². The molecule has 2 bridgehead atoms. The molecule has 6 atom stereocenters. The first-order chi connectivity index (χ1) is 18.3. The van der Waals surface area contributed by atoms with Crippen molar-refractivity contribution in [3.05, 3.63) is 60.2 Å². The lowest BCUT2D eigenvalue weighted by molar-refractivity contribution is -0.146. The third kappa shape index (κ3) is 2.97. The fourth-order valence-electron chi connectivity index (χ4n) is 7.32. The van der Waals surface area contributed by atoms with Crippen LogP contribution in [0.15, 0.2) is 60.2 Å². The van der Waals surface area contributed by atoms with Gasteiger partial charge in [0.1, 0.15) is 11.5 Å². The number of para-hydroxylation sites is 4. The molecule has 1 saturated carbocycles. The van der Waals surface area contributed by atoms with E-state index in [1.54, 1.807) is 48.5 Å². The van der Waals surface area contributed by atoms with Gasteiger partial charge in [-0.05, 0) is 45.0 Å². The highest BCUT2D eigenvalue weighted by Crippen LogP contribution is 2.67. The molecule has 2 aliphatic heterocycles. The lowest BCUT2D eigenvalue weighted by atomic mass is 9.45. The summed E-state index contributed by atoms with van der Waals surface area (Å²) in [6, 6.07) is 14.0. The zero-order chi connectivity index (χ0) is 26.9. The van der Waals surface area contributed by atoms with Crippen molar-refractivity contribution in [2.45, 2.75) is 27.7 Å². The molecular formula is C30H30N2O6. The maximum Gasteiger partial charge on any atom is 0.238 e. The average Bonchev–Trinajstić information content (AvgIpc) is 3.33. The molecular weight excluding hydrogens is 484 g/mol. The van der Waals surface area contributed by atoms with Crippen molar-refractivity contribution in [3.8, 4) is 11.5 Å². The summed E-state index contributed by atoms with van der Waals surface area (Å²) < 4.78 is 11.5. The fourth-order valence-corrected chi connectivity index (χ4v) is 7.32. The normalized spacial score (nSPS) is 31.5. The second-order valence-corrected chi connectivity index (χ2v) is 10.5. The highest BCUT2D eigenvalue weighted by Gasteiger charge is 2.74. The molecule has 2 heterocycles. The molecule has 8 heteroatoms. The second-order valence-electron chi connectivity index (χ2n) is 10.5. The van der Waals surface area contributed by atoms with Crippen molar-refractivity contribution >= 4 is 35.0 Å². The Balaban J connectivity index is 1.46. The van der Waals surface area contributed by atoms with Gasteiger partial charge in [-0.3, -0.25) is 19.2 Å². The Kier molecular flexibility index (Phi) is 5.49. The molecule has 0 aromatic heterocycles. The van der Waals surface area contributed by atoms with E-state index >= 15 is 0 Å². The number of anilines is 2. The van der Waals surface area contributed by atoms with Crippen LogP contribution >= 0.6 is 0 Å². The third-order valence-electron chi connectivity index (χ3n) is 8.93. The van der Waals surface area contributed by atoms with Gasteiger partial charge < -0.3 is 9.47 Å². The Morgan fingerprint density at radius 3 is 1.55 bits per heavy atom. The zero-order valence-corrected chi connectivity index (χ0v) is 21.8. The number of carbonyl (C=O) groups is 4. The number of ether oxygens (including phenoxy) is 2. The molecule has 8 nitrogen and oxygen atoms in total. The van der Waals surface area contributed by atoms with E-state index in [0.717, 1.165) is 5.57 Å². The standard InChI is InChI=1S/C30H30N2O6/c1-5-37-20-13-9-7-11-18(20)31-26(33)22-17-15-16(3)30(4,24(22)28(31)35)25-23(17)27(34)32(29(25)36)19-12-8-10-14-21(19)38-6-2/h7-15,17,22-25H,5-6H2,1-4H3/t17?,22-,23+,24-,25-,30?/m1/s1. The smallest absolute Gasteiger partial charge is 0.238 e. The van der Waals surface area contributed by atoms with Crippen molar-refractivity contribution < 1.29 is 28.7 Å². The monoisotopic (exact) mass is 514 g/mol. The first-order valence-corrected chi connectivity index (χ1v) is 13.2. The first kappa shape index (κ1) is 24.4. The largest absolute Gasteiger partial charge is 0.492 e. The van der Waals surface area contributed by atoms with Crippen molar-refractivity contribution in [1.82, 2.24) is 0 Å². The minimum Gasteiger partial charge on any atom is -0.492 e. The van der Waals surface area contributed by atoms with Gasteiger partial charge in [0.25, 0.3) is 0 Å². The molecule has 3 fully saturated rings. The number of benzene rings is 2. The second kappa shape index (κ2) is 8.55. The van der Waals surface area contributed by atoms with E-state index in [1.807, 2.05) is 33.8 Å². The highest BCUT2D eigenvalue weighted by molar-refractivity contribution is 6.27. The zero-order valence-electron chi connectivity index (χ0n) is 21.8. The number of hydrogen-bond donors (Lipinski definition) is 0. The van der Waals surface area contributed by atoms with Crippen LogP contribution in [0.2, 0.25) is 0 Å². The Morgan fingerprint density at radius 1 is 0.711 bits per heavy atom. The number of amides is 4. The third-order valence-corrected chi connectivity index (χ3v) is 8.93. The SMILES string of the molecule is CCOc1ccccc1N1C(=O)[C@@H]2C3C=C(C)C(C)([C@H]2C1=O)[C@H]1C(=O)N(c2ccccc2OCC)C(=O)[C@@H]31. The molecule has 0 N–H and O–H groups in total.